The van der Waals surface area contributed by atoms with Crippen LogP contribution in [0.25, 0.3) is 99.9 Å². The van der Waals surface area contributed by atoms with Crippen molar-refractivity contribution in [1.29, 1.82) is 0 Å². The van der Waals surface area contributed by atoms with E-state index in [1.54, 1.807) is 48.5 Å². The van der Waals surface area contributed by atoms with Gasteiger partial charge in [-0.15, -0.1) is 0 Å². The fourth-order valence-electron chi connectivity index (χ4n) is 6.10. The number of furan rings is 1. The van der Waals surface area contributed by atoms with Crippen molar-refractivity contribution in [2.45, 2.75) is 0 Å². The molecule has 0 atom stereocenters. The van der Waals surface area contributed by atoms with E-state index in [9.17, 15) is 8.22 Å². The number of hydrogen-bond acceptors (Lipinski definition) is 4. The summed E-state index contributed by atoms with van der Waals surface area (Å²) < 4.78 is 158. The van der Waals surface area contributed by atoms with Crippen molar-refractivity contribution < 1.29 is 27.7 Å². The minimum absolute atomic E-state index is 0.0424. The van der Waals surface area contributed by atoms with E-state index in [1.807, 2.05) is 24.3 Å². The lowest BCUT2D eigenvalue weighted by molar-refractivity contribution is 0.669. The minimum atomic E-state index is -0.782. The maximum absolute atomic E-state index is 9.79. The fourth-order valence-corrected chi connectivity index (χ4v) is 6.10. The molecular weight excluding hydrogens is 623 g/mol. The number of nitrogens with zero attached hydrogens (tertiary/aromatic N) is 3. The summed E-state index contributed by atoms with van der Waals surface area (Å²) in [6.45, 7) is 0. The van der Waals surface area contributed by atoms with Gasteiger partial charge in [-0.25, -0.2) is 15.0 Å². The van der Waals surface area contributed by atoms with Crippen LogP contribution in [0.3, 0.4) is 0 Å². The lowest BCUT2D eigenvalue weighted by atomic mass is 9.92. The molecule has 0 aliphatic heterocycles. The first-order valence-corrected chi connectivity index (χ1v) is 15.7. The molecule has 10 aromatic rings. The van der Waals surface area contributed by atoms with Crippen LogP contribution in [0, 0.1) is 0 Å². The Labute approximate surface area is 318 Å². The highest BCUT2D eigenvalue weighted by Crippen LogP contribution is 2.42. The summed E-state index contributed by atoms with van der Waals surface area (Å²) in [6, 6.07) is 9.90. The zero-order valence-corrected chi connectivity index (χ0v) is 26.2. The molecule has 2 heterocycles. The lowest BCUT2D eigenvalue weighted by Crippen LogP contribution is -2.00. The van der Waals surface area contributed by atoms with E-state index in [0.717, 1.165) is 5.39 Å². The van der Waals surface area contributed by atoms with Crippen molar-refractivity contribution in [3.63, 3.8) is 0 Å². The third-order valence-electron chi connectivity index (χ3n) is 8.43. The SMILES string of the molecule is [2H]c1c([2H])c([2H])c(-c2c([2H])c([2H])c(-c3nc(-c4ccccc4)nc(-c4c([2H])c([2H])c5oc6c([2H])c(-c7cccc8ccccc78)c7c([2H])c([2H])c([2H])c([2H])c7c6c5c4[2H])n3)c([2H])c2[2H])c([2H])c1[2H]. The summed E-state index contributed by atoms with van der Waals surface area (Å²) in [5.41, 5.74) is -1.66. The van der Waals surface area contributed by atoms with E-state index >= 15 is 0 Å². The smallest absolute Gasteiger partial charge is 0.164 e. The first-order valence-electron chi connectivity index (χ1n) is 24.2. The molecule has 0 radical (unpaired) electrons. The molecule has 0 bridgehead atoms. The lowest BCUT2D eigenvalue weighted by Gasteiger charge is -2.11. The van der Waals surface area contributed by atoms with Crippen LogP contribution in [-0.2, 0) is 0 Å². The molecule has 4 heteroatoms. The highest BCUT2D eigenvalue weighted by molar-refractivity contribution is 6.23. The van der Waals surface area contributed by atoms with Gasteiger partial charge in [0, 0.05) is 27.5 Å². The second kappa shape index (κ2) is 11.9. The molecule has 8 aromatic carbocycles. The van der Waals surface area contributed by atoms with Crippen molar-refractivity contribution in [2.24, 2.45) is 0 Å². The molecule has 0 amide bonds. The molecule has 0 aliphatic carbocycles. The maximum Gasteiger partial charge on any atom is 0.164 e. The second-order valence-corrected chi connectivity index (χ2v) is 11.5. The first kappa shape index (κ1) is 16.7. The van der Waals surface area contributed by atoms with Gasteiger partial charge in [0.05, 0.1) is 23.3 Å². The minimum Gasteiger partial charge on any atom is -0.456 e. The summed E-state index contributed by atoms with van der Waals surface area (Å²) in [5.74, 6) is -1.04. The zero-order valence-electron chi connectivity index (χ0n) is 43.2. The monoisotopic (exact) mass is 668 g/mol. The molecule has 0 N–H and O–H groups in total. The third-order valence-corrected chi connectivity index (χ3v) is 8.43. The van der Waals surface area contributed by atoms with E-state index < -0.39 is 131 Å². The summed E-state index contributed by atoms with van der Waals surface area (Å²) in [6.07, 6.45) is 0. The number of aromatic nitrogens is 3. The highest BCUT2D eigenvalue weighted by Gasteiger charge is 2.18. The van der Waals surface area contributed by atoms with Gasteiger partial charge >= 0.3 is 0 Å². The molecule has 51 heavy (non-hydrogen) atoms. The van der Waals surface area contributed by atoms with E-state index in [0.29, 0.717) is 16.5 Å². The fraction of sp³-hybridized carbons (Fsp3) is 0. The molecule has 0 saturated carbocycles. The van der Waals surface area contributed by atoms with Gasteiger partial charge in [0.25, 0.3) is 0 Å². The normalized spacial score (nSPS) is 16.2. The van der Waals surface area contributed by atoms with Gasteiger partial charge in [-0.1, -0.05) is 151 Å². The van der Waals surface area contributed by atoms with Crippen LogP contribution in [0.5, 0.6) is 0 Å². The van der Waals surface area contributed by atoms with E-state index in [-0.39, 0.29) is 50.1 Å². The van der Waals surface area contributed by atoms with Gasteiger partial charge in [-0.3, -0.25) is 0 Å². The largest absolute Gasteiger partial charge is 0.456 e. The van der Waals surface area contributed by atoms with Gasteiger partial charge in [0.2, 0.25) is 0 Å². The molecule has 0 saturated heterocycles. The predicted molar refractivity (Wildman–Crippen MR) is 209 cm³/mol. The number of fused-ring (bicyclic) bond motifs is 6. The Bertz CT molecular complexity index is 3830. The van der Waals surface area contributed by atoms with Gasteiger partial charge in [-0.05, 0) is 68.0 Å². The Morgan fingerprint density at radius 1 is 0.392 bits per heavy atom. The van der Waals surface area contributed by atoms with Crippen LogP contribution in [0.15, 0.2) is 180 Å². The molecule has 238 valence electrons. The van der Waals surface area contributed by atoms with Crippen LogP contribution in [0.4, 0.5) is 0 Å². The molecule has 0 aliphatic rings. The van der Waals surface area contributed by atoms with Crippen LogP contribution < -0.4 is 0 Å². The standard InChI is InChI=1S/C47H29N3O/c1-3-12-30(13-4-1)31-22-24-34(25-23-31)46-48-45(33-15-5-2-6-16-33)49-47(50-46)35-26-27-42-41(28-35)44-39-20-10-9-19-38(39)40(29-43(44)51-42)37-21-11-17-32-14-7-8-18-36(32)37/h1-29H/i1D,3D,4D,9D,10D,12D,13D,19D,20D,22D,23D,24D,25D,26D,27D,28D,29D. The average Bonchev–Trinajstić information content (AvgIpc) is 3.75. The van der Waals surface area contributed by atoms with E-state index in [2.05, 4.69) is 15.0 Å². The first-order chi connectivity index (χ1) is 32.4. The topological polar surface area (TPSA) is 51.8 Å². The molecule has 0 fully saturated rings. The van der Waals surface area contributed by atoms with Gasteiger partial charge in [0.15, 0.2) is 17.5 Å². The molecule has 2 aromatic heterocycles. The molecular formula is C47H29N3O. The quantitative estimate of drug-likeness (QED) is 0.183. The highest BCUT2D eigenvalue weighted by atomic mass is 16.3. The Balaban J connectivity index is 1.30. The van der Waals surface area contributed by atoms with Crippen molar-refractivity contribution in [3.8, 4) is 56.4 Å². The van der Waals surface area contributed by atoms with Crippen LogP contribution in [0.2, 0.25) is 0 Å². The van der Waals surface area contributed by atoms with E-state index in [1.165, 1.54) is 0 Å². The van der Waals surface area contributed by atoms with E-state index in [4.69, 9.17) is 19.5 Å². The second-order valence-electron chi connectivity index (χ2n) is 11.5. The Morgan fingerprint density at radius 3 is 1.84 bits per heavy atom. The van der Waals surface area contributed by atoms with Gasteiger partial charge < -0.3 is 4.42 Å². The van der Waals surface area contributed by atoms with Crippen molar-refractivity contribution >= 4 is 43.5 Å². The van der Waals surface area contributed by atoms with Gasteiger partial charge in [0.1, 0.15) is 11.2 Å². The van der Waals surface area contributed by atoms with Crippen molar-refractivity contribution in [2.75, 3.05) is 0 Å². The van der Waals surface area contributed by atoms with Crippen molar-refractivity contribution in [1.82, 2.24) is 15.0 Å². The van der Waals surface area contributed by atoms with Gasteiger partial charge in [-0.2, -0.15) is 0 Å². The molecule has 10 rings (SSSR count). The van der Waals surface area contributed by atoms with Crippen LogP contribution in [0.1, 0.15) is 23.3 Å². The Morgan fingerprint density at radius 2 is 1.02 bits per heavy atom. The molecule has 0 unspecified atom stereocenters. The number of rotatable bonds is 5. The third kappa shape index (κ3) is 5.04. The Kier molecular flexibility index (Phi) is 3.89. The Hall–Kier alpha value is -6.91. The summed E-state index contributed by atoms with van der Waals surface area (Å²) in [4.78, 5) is 13.7. The molecule has 4 nitrogen and oxygen atoms in total. The zero-order chi connectivity index (χ0) is 48.5. The summed E-state index contributed by atoms with van der Waals surface area (Å²) in [5, 5.41) is 1.02. The average molecular weight is 669 g/mol. The number of benzene rings is 8. The summed E-state index contributed by atoms with van der Waals surface area (Å²) >= 11 is 0. The predicted octanol–water partition coefficient (Wildman–Crippen LogP) is 12.4. The van der Waals surface area contributed by atoms with Crippen LogP contribution >= 0.6 is 0 Å². The number of hydrogen-bond donors (Lipinski definition) is 0. The summed E-state index contributed by atoms with van der Waals surface area (Å²) in [7, 11) is 0. The van der Waals surface area contributed by atoms with Crippen molar-refractivity contribution in [3.05, 3.63) is 176 Å². The van der Waals surface area contributed by atoms with Crippen LogP contribution in [-0.4, -0.2) is 15.0 Å². The maximum atomic E-state index is 9.79. The molecule has 0 spiro atoms.